The summed E-state index contributed by atoms with van der Waals surface area (Å²) in [7, 11) is 0. The lowest BCUT2D eigenvalue weighted by Crippen LogP contribution is -2.58. The van der Waals surface area contributed by atoms with Crippen LogP contribution in [0, 0.1) is 18.2 Å². The minimum absolute atomic E-state index is 0.122. The Hall–Kier alpha value is -3.14. The van der Waals surface area contributed by atoms with Crippen LogP contribution >= 0.6 is 0 Å². The highest BCUT2D eigenvalue weighted by Gasteiger charge is 2.45. The summed E-state index contributed by atoms with van der Waals surface area (Å²) >= 11 is 0. The van der Waals surface area contributed by atoms with Gasteiger partial charge in [-0.2, -0.15) is 0 Å². The van der Waals surface area contributed by atoms with Crippen LogP contribution in [0.3, 0.4) is 0 Å². The van der Waals surface area contributed by atoms with Crippen LogP contribution in [0.5, 0.6) is 0 Å². The number of pyridine rings is 1. The van der Waals surface area contributed by atoms with Crippen molar-refractivity contribution >= 4 is 11.5 Å². The van der Waals surface area contributed by atoms with Crippen molar-refractivity contribution in [3.63, 3.8) is 0 Å². The molecule has 6 rings (SSSR count). The van der Waals surface area contributed by atoms with E-state index in [0.29, 0.717) is 16.7 Å². The number of hydrogen-bond acceptors (Lipinski definition) is 6. The summed E-state index contributed by atoms with van der Waals surface area (Å²) in [5, 5.41) is 3.52. The largest absolute Gasteiger partial charge is 0.381 e. The van der Waals surface area contributed by atoms with Gasteiger partial charge in [-0.05, 0) is 32.8 Å². The van der Waals surface area contributed by atoms with Crippen molar-refractivity contribution in [3.05, 3.63) is 52.5 Å². The molecule has 5 aliphatic rings. The molecule has 2 fully saturated rings. The van der Waals surface area contributed by atoms with Crippen molar-refractivity contribution in [3.8, 4) is 11.4 Å². The minimum atomic E-state index is -2.89. The van der Waals surface area contributed by atoms with E-state index in [-0.39, 0.29) is 5.56 Å². The summed E-state index contributed by atoms with van der Waals surface area (Å²) in [6.45, 7) is 8.63. The Labute approximate surface area is 207 Å². The van der Waals surface area contributed by atoms with Crippen LogP contribution in [0.1, 0.15) is 49.2 Å². The molecule has 0 aromatic heterocycles. The fourth-order valence-corrected chi connectivity index (χ4v) is 5.73. The minimum Gasteiger partial charge on any atom is -0.381 e. The highest BCUT2D eigenvalue weighted by Crippen LogP contribution is 2.46. The third-order valence-corrected chi connectivity index (χ3v) is 7.70. The second-order valence-electron chi connectivity index (χ2n) is 10.1. The fraction of sp³-hybridized carbons (Fsp3) is 0.500. The zero-order chi connectivity index (χ0) is 25.0. The Balaban J connectivity index is 1.44. The van der Waals surface area contributed by atoms with E-state index in [9.17, 15) is 13.2 Å². The number of nitrogens with one attached hydrogen (secondary N) is 1. The average molecular weight is 499 g/mol. The third-order valence-electron chi connectivity index (χ3n) is 7.70. The van der Waals surface area contributed by atoms with Gasteiger partial charge in [-0.15, -0.1) is 0 Å². The standard InChI is InChI=1S/C26H29F3N6O/c1-15(17-4-3-5-18(21(17)27)22(28)29)31-23-19-12-20(34-13-26(14-34)6-10-36-11-7-26)25-30-8-9-35(25)24(19)33-16(2)32-23/h3-5,12,15,22,30H,6-11,13-14H2,1-2H3. The molecule has 0 bridgehead atoms. The first-order chi connectivity index (χ1) is 17.3. The van der Waals surface area contributed by atoms with Crippen molar-refractivity contribution in [2.75, 3.05) is 43.1 Å². The highest BCUT2D eigenvalue weighted by atomic mass is 19.3. The van der Waals surface area contributed by atoms with E-state index in [1.165, 1.54) is 12.1 Å². The predicted octanol–water partition coefficient (Wildman–Crippen LogP) is 4.47. The fourth-order valence-electron chi connectivity index (χ4n) is 5.73. The first kappa shape index (κ1) is 23.3. The number of aromatic nitrogens is 3. The van der Waals surface area contributed by atoms with E-state index in [1.807, 2.05) is 0 Å². The molecule has 1 unspecified atom stereocenters. The second kappa shape index (κ2) is 8.76. The summed E-state index contributed by atoms with van der Waals surface area (Å²) in [5.41, 5.74) is 2.11. The van der Waals surface area contributed by atoms with Crippen LogP contribution in [-0.2, 0) is 11.3 Å². The normalized spacial score (nSPS) is 20.1. The molecule has 1 atom stereocenters. The molecule has 5 heterocycles. The van der Waals surface area contributed by atoms with Crippen LogP contribution in [-0.4, -0.2) is 47.4 Å². The summed E-state index contributed by atoms with van der Waals surface area (Å²) in [6, 6.07) is 5.43. The summed E-state index contributed by atoms with van der Waals surface area (Å²) in [6.07, 6.45) is -0.739. The average Bonchev–Trinajstić information content (AvgIpc) is 3.33. The van der Waals surface area contributed by atoms with E-state index < -0.39 is 23.8 Å². The molecule has 0 aliphatic carbocycles. The smallest absolute Gasteiger partial charge is 0.266 e. The number of anilines is 2. The third kappa shape index (κ3) is 3.82. The number of benzene rings is 1. The number of hydrogen-bond donors (Lipinski definition) is 1. The van der Waals surface area contributed by atoms with Crippen LogP contribution in [0.4, 0.5) is 24.7 Å². The van der Waals surface area contributed by atoms with Gasteiger partial charge in [0.15, 0.2) is 5.49 Å². The van der Waals surface area contributed by atoms with E-state index in [2.05, 4.69) is 25.8 Å². The molecule has 2 saturated heterocycles. The lowest BCUT2D eigenvalue weighted by molar-refractivity contribution is -0.000168. The van der Waals surface area contributed by atoms with Crippen LogP contribution in [0.25, 0.3) is 11.4 Å². The quantitative estimate of drug-likeness (QED) is 0.575. The van der Waals surface area contributed by atoms with Crippen LogP contribution in [0.15, 0.2) is 29.3 Å². The van der Waals surface area contributed by atoms with Gasteiger partial charge in [-0.25, -0.2) is 23.1 Å². The molecule has 0 saturated carbocycles. The highest BCUT2D eigenvalue weighted by molar-refractivity contribution is 5.78. The lowest BCUT2D eigenvalue weighted by Gasteiger charge is -2.53. The van der Waals surface area contributed by atoms with E-state index in [0.717, 1.165) is 81.2 Å². The molecule has 1 spiro atoms. The Bertz CT molecular complexity index is 1340. The zero-order valence-corrected chi connectivity index (χ0v) is 20.4. The zero-order valence-electron chi connectivity index (χ0n) is 20.4. The van der Waals surface area contributed by atoms with Gasteiger partial charge >= 0.3 is 0 Å². The monoisotopic (exact) mass is 498 g/mol. The van der Waals surface area contributed by atoms with E-state index >= 15 is 0 Å². The number of fused-ring (bicyclic) bond motifs is 3. The molecule has 5 aliphatic heterocycles. The molecular weight excluding hydrogens is 469 g/mol. The van der Waals surface area contributed by atoms with Gasteiger partial charge < -0.3 is 19.5 Å². The van der Waals surface area contributed by atoms with E-state index in [1.54, 1.807) is 13.8 Å². The van der Waals surface area contributed by atoms with E-state index in [4.69, 9.17) is 14.7 Å². The topological polar surface area (TPSA) is 67.6 Å². The molecule has 0 amide bonds. The van der Waals surface area contributed by atoms with Gasteiger partial charge in [0.25, 0.3) is 6.43 Å². The number of alkyl halides is 2. The number of aryl methyl sites for hydroxylation is 1. The lowest BCUT2D eigenvalue weighted by atomic mass is 9.73. The molecule has 1 aromatic rings. The molecule has 0 radical (unpaired) electrons. The summed E-state index contributed by atoms with van der Waals surface area (Å²) in [5.74, 6) is 1.44. The Morgan fingerprint density at radius 3 is 2.64 bits per heavy atom. The predicted molar refractivity (Wildman–Crippen MR) is 130 cm³/mol. The van der Waals surface area contributed by atoms with Gasteiger partial charge in [0.05, 0.1) is 22.9 Å². The van der Waals surface area contributed by atoms with Crippen molar-refractivity contribution < 1.29 is 17.9 Å². The SMILES string of the molecule is Cc1nc2n3c(c(N4CC5(CCOCC5)C4)cc-2c(=NC(C)c2cccc(C(F)F)c2F)n1)NCC3. The number of ether oxygens (including phenoxy) is 1. The number of rotatable bonds is 4. The van der Waals surface area contributed by atoms with Gasteiger partial charge in [0.2, 0.25) is 0 Å². The van der Waals surface area contributed by atoms with Gasteiger partial charge in [0.1, 0.15) is 23.3 Å². The molecule has 190 valence electrons. The maximum atomic E-state index is 14.8. The summed E-state index contributed by atoms with van der Waals surface area (Å²) < 4.78 is 49.1. The van der Waals surface area contributed by atoms with Crippen molar-refractivity contribution in [1.82, 2.24) is 14.5 Å². The molecular formula is C26H29F3N6O. The van der Waals surface area contributed by atoms with Crippen LogP contribution < -0.4 is 15.7 Å². The van der Waals surface area contributed by atoms with Crippen molar-refractivity contribution in [2.24, 2.45) is 10.4 Å². The van der Waals surface area contributed by atoms with Gasteiger partial charge in [-0.1, -0.05) is 18.2 Å². The Morgan fingerprint density at radius 1 is 1.14 bits per heavy atom. The van der Waals surface area contributed by atoms with Crippen LogP contribution in [0.2, 0.25) is 0 Å². The maximum absolute atomic E-state index is 14.8. The maximum Gasteiger partial charge on any atom is 0.266 e. The summed E-state index contributed by atoms with van der Waals surface area (Å²) in [4.78, 5) is 16.4. The van der Waals surface area contributed by atoms with Gasteiger partial charge in [-0.3, -0.25) is 4.99 Å². The second-order valence-corrected chi connectivity index (χ2v) is 10.1. The molecule has 1 aromatic carbocycles. The first-order valence-corrected chi connectivity index (χ1v) is 12.4. The first-order valence-electron chi connectivity index (χ1n) is 12.4. The molecule has 10 heteroatoms. The Kier molecular flexibility index (Phi) is 5.66. The van der Waals surface area contributed by atoms with Gasteiger partial charge in [0, 0.05) is 50.4 Å². The number of nitrogens with zero attached hydrogens (tertiary/aromatic N) is 5. The molecule has 1 N–H and O–H groups in total. The number of halogens is 3. The molecule has 36 heavy (non-hydrogen) atoms. The molecule has 7 nitrogen and oxygen atoms in total. The van der Waals surface area contributed by atoms with Crippen molar-refractivity contribution in [2.45, 2.75) is 45.7 Å². The van der Waals surface area contributed by atoms with Crippen molar-refractivity contribution in [1.29, 1.82) is 0 Å². The Morgan fingerprint density at radius 2 is 1.89 bits per heavy atom.